The van der Waals surface area contributed by atoms with Crippen LogP contribution < -0.4 is 0 Å². The molecule has 0 unspecified atom stereocenters. The standard InChI is InChI=1S/C16H9Cl2F2N5/c17-10-2-1-8(5-11(10)18)13-6-14(15(19)20)25-16(23-13)9(7-22-25)12-3-4-21-24-12/h1-7,15H,(H,21,24). The molecule has 1 aromatic carbocycles. The van der Waals surface area contributed by atoms with E-state index in [-0.39, 0.29) is 5.69 Å². The number of hydrogen-bond donors (Lipinski definition) is 1. The van der Waals surface area contributed by atoms with E-state index in [0.717, 1.165) is 4.52 Å². The summed E-state index contributed by atoms with van der Waals surface area (Å²) in [5, 5.41) is 11.4. The molecule has 0 saturated heterocycles. The summed E-state index contributed by atoms with van der Waals surface area (Å²) in [6.45, 7) is 0. The lowest BCUT2D eigenvalue weighted by molar-refractivity contribution is 0.143. The van der Waals surface area contributed by atoms with Crippen LogP contribution in [-0.4, -0.2) is 24.8 Å². The molecule has 126 valence electrons. The minimum atomic E-state index is -2.72. The van der Waals surface area contributed by atoms with E-state index in [4.69, 9.17) is 23.2 Å². The first-order valence-electron chi connectivity index (χ1n) is 7.16. The number of H-pyrrole nitrogens is 1. The maximum Gasteiger partial charge on any atom is 0.280 e. The van der Waals surface area contributed by atoms with Gasteiger partial charge in [0.25, 0.3) is 6.43 Å². The summed E-state index contributed by atoms with van der Waals surface area (Å²) in [6, 6.07) is 7.87. The topological polar surface area (TPSA) is 58.9 Å². The molecule has 25 heavy (non-hydrogen) atoms. The van der Waals surface area contributed by atoms with E-state index in [0.29, 0.717) is 38.2 Å². The van der Waals surface area contributed by atoms with Gasteiger partial charge in [0, 0.05) is 11.8 Å². The summed E-state index contributed by atoms with van der Waals surface area (Å²) < 4.78 is 28.2. The highest BCUT2D eigenvalue weighted by molar-refractivity contribution is 6.42. The van der Waals surface area contributed by atoms with E-state index >= 15 is 0 Å². The highest BCUT2D eigenvalue weighted by atomic mass is 35.5. The minimum Gasteiger partial charge on any atom is -0.278 e. The smallest absolute Gasteiger partial charge is 0.278 e. The third kappa shape index (κ3) is 2.75. The monoisotopic (exact) mass is 379 g/mol. The fourth-order valence-electron chi connectivity index (χ4n) is 2.54. The Morgan fingerprint density at radius 1 is 1.08 bits per heavy atom. The van der Waals surface area contributed by atoms with Crippen LogP contribution in [0, 0.1) is 0 Å². The molecular weight excluding hydrogens is 371 g/mol. The van der Waals surface area contributed by atoms with Gasteiger partial charge < -0.3 is 0 Å². The first kappa shape index (κ1) is 16.0. The van der Waals surface area contributed by atoms with Crippen molar-refractivity contribution < 1.29 is 8.78 Å². The molecule has 0 fully saturated rings. The van der Waals surface area contributed by atoms with E-state index in [1.807, 2.05) is 0 Å². The molecule has 5 nitrogen and oxygen atoms in total. The normalized spacial score (nSPS) is 11.6. The molecule has 0 aliphatic heterocycles. The van der Waals surface area contributed by atoms with Crippen molar-refractivity contribution in [2.24, 2.45) is 0 Å². The number of aromatic nitrogens is 5. The zero-order chi connectivity index (χ0) is 17.6. The fraction of sp³-hybridized carbons (Fsp3) is 0.0625. The van der Waals surface area contributed by atoms with Crippen LogP contribution in [-0.2, 0) is 0 Å². The Labute approximate surface area is 150 Å². The van der Waals surface area contributed by atoms with Gasteiger partial charge in [0.2, 0.25) is 0 Å². The molecule has 0 radical (unpaired) electrons. The van der Waals surface area contributed by atoms with Gasteiger partial charge in [-0.05, 0) is 24.3 Å². The number of rotatable bonds is 3. The van der Waals surface area contributed by atoms with Crippen LogP contribution in [0.2, 0.25) is 10.0 Å². The van der Waals surface area contributed by atoms with E-state index in [1.165, 1.54) is 12.3 Å². The number of benzene rings is 1. The van der Waals surface area contributed by atoms with Crippen LogP contribution in [0.4, 0.5) is 8.78 Å². The van der Waals surface area contributed by atoms with Crippen molar-refractivity contribution in [3.05, 3.63) is 58.5 Å². The predicted octanol–water partition coefficient (Wildman–Crippen LogP) is 5.03. The Morgan fingerprint density at radius 2 is 1.92 bits per heavy atom. The second kappa shape index (κ2) is 6.09. The lowest BCUT2D eigenvalue weighted by Crippen LogP contribution is -2.02. The van der Waals surface area contributed by atoms with Crippen molar-refractivity contribution in [1.82, 2.24) is 24.8 Å². The third-order valence-electron chi connectivity index (χ3n) is 3.73. The first-order chi connectivity index (χ1) is 12.0. The second-order valence-corrected chi connectivity index (χ2v) is 6.07. The molecule has 0 amide bonds. The molecule has 4 rings (SSSR count). The van der Waals surface area contributed by atoms with E-state index in [2.05, 4.69) is 20.3 Å². The van der Waals surface area contributed by atoms with Gasteiger partial charge in [0.1, 0.15) is 5.69 Å². The van der Waals surface area contributed by atoms with Gasteiger partial charge in [-0.25, -0.2) is 18.3 Å². The molecule has 0 bridgehead atoms. The van der Waals surface area contributed by atoms with Crippen LogP contribution in [0.15, 0.2) is 42.7 Å². The van der Waals surface area contributed by atoms with E-state index in [1.54, 1.807) is 30.5 Å². The average Bonchev–Trinajstić information content (AvgIpc) is 3.25. The molecule has 4 aromatic rings. The summed E-state index contributed by atoms with van der Waals surface area (Å²) in [4.78, 5) is 4.49. The highest BCUT2D eigenvalue weighted by Gasteiger charge is 2.20. The van der Waals surface area contributed by atoms with Crippen LogP contribution in [0.25, 0.3) is 28.2 Å². The number of fused-ring (bicyclic) bond motifs is 1. The van der Waals surface area contributed by atoms with Crippen molar-refractivity contribution in [2.75, 3.05) is 0 Å². The Bertz CT molecular complexity index is 1060. The molecule has 0 spiro atoms. The number of nitrogens with zero attached hydrogens (tertiary/aromatic N) is 4. The van der Waals surface area contributed by atoms with Gasteiger partial charge in [-0.3, -0.25) is 5.10 Å². The van der Waals surface area contributed by atoms with Crippen molar-refractivity contribution in [3.8, 4) is 22.5 Å². The summed E-state index contributed by atoms with van der Waals surface area (Å²) in [7, 11) is 0. The van der Waals surface area contributed by atoms with Crippen molar-refractivity contribution >= 4 is 28.8 Å². The summed E-state index contributed by atoms with van der Waals surface area (Å²) >= 11 is 12.0. The zero-order valence-corrected chi connectivity index (χ0v) is 13.9. The summed E-state index contributed by atoms with van der Waals surface area (Å²) in [5.74, 6) is 0. The Balaban J connectivity index is 1.99. The summed E-state index contributed by atoms with van der Waals surface area (Å²) in [5.41, 5.74) is 2.16. The molecule has 0 atom stereocenters. The third-order valence-corrected chi connectivity index (χ3v) is 4.47. The van der Waals surface area contributed by atoms with Gasteiger partial charge >= 0.3 is 0 Å². The van der Waals surface area contributed by atoms with Crippen LogP contribution >= 0.6 is 23.2 Å². The van der Waals surface area contributed by atoms with Crippen LogP contribution in [0.3, 0.4) is 0 Å². The largest absolute Gasteiger partial charge is 0.280 e. The van der Waals surface area contributed by atoms with Gasteiger partial charge in [0.15, 0.2) is 5.65 Å². The maximum atomic E-state index is 13.5. The molecule has 9 heteroatoms. The number of hydrogen-bond acceptors (Lipinski definition) is 3. The molecule has 1 N–H and O–H groups in total. The van der Waals surface area contributed by atoms with Crippen LogP contribution in [0.1, 0.15) is 12.1 Å². The average molecular weight is 380 g/mol. The SMILES string of the molecule is FC(F)c1cc(-c2ccc(Cl)c(Cl)c2)nc2c(-c3ccn[nH]3)cnn12. The van der Waals surface area contributed by atoms with Gasteiger partial charge in [0.05, 0.1) is 33.2 Å². The Kier molecular flexibility index (Phi) is 3.89. The molecule has 0 aliphatic carbocycles. The first-order valence-corrected chi connectivity index (χ1v) is 7.92. The van der Waals surface area contributed by atoms with Crippen molar-refractivity contribution in [3.63, 3.8) is 0 Å². The number of alkyl halides is 2. The lowest BCUT2D eigenvalue weighted by Gasteiger charge is -2.09. The second-order valence-electron chi connectivity index (χ2n) is 5.26. The maximum absolute atomic E-state index is 13.5. The number of aromatic amines is 1. The minimum absolute atomic E-state index is 0.267. The van der Waals surface area contributed by atoms with Gasteiger partial charge in [-0.2, -0.15) is 10.2 Å². The fourth-order valence-corrected chi connectivity index (χ4v) is 2.84. The quantitative estimate of drug-likeness (QED) is 0.542. The molecular formula is C16H9Cl2F2N5. The predicted molar refractivity (Wildman–Crippen MR) is 91.0 cm³/mol. The lowest BCUT2D eigenvalue weighted by atomic mass is 10.1. The van der Waals surface area contributed by atoms with Gasteiger partial charge in [-0.15, -0.1) is 0 Å². The molecule has 0 aliphatic rings. The van der Waals surface area contributed by atoms with Gasteiger partial charge in [-0.1, -0.05) is 29.3 Å². The summed E-state index contributed by atoms with van der Waals surface area (Å²) in [6.07, 6.45) is 0.317. The number of halogens is 4. The Hall–Kier alpha value is -2.51. The van der Waals surface area contributed by atoms with Crippen LogP contribution in [0.5, 0.6) is 0 Å². The van der Waals surface area contributed by atoms with E-state index < -0.39 is 6.43 Å². The Morgan fingerprint density at radius 3 is 2.60 bits per heavy atom. The van der Waals surface area contributed by atoms with Crippen molar-refractivity contribution in [2.45, 2.75) is 6.43 Å². The molecule has 0 saturated carbocycles. The number of nitrogens with one attached hydrogen (secondary N) is 1. The molecule has 3 heterocycles. The van der Waals surface area contributed by atoms with Crippen molar-refractivity contribution in [1.29, 1.82) is 0 Å². The van der Waals surface area contributed by atoms with E-state index in [9.17, 15) is 8.78 Å². The zero-order valence-electron chi connectivity index (χ0n) is 12.4. The highest BCUT2D eigenvalue weighted by Crippen LogP contribution is 2.32. The molecule has 3 aromatic heterocycles.